The maximum Gasteiger partial charge on any atom is 0.387 e. The fraction of sp³-hybridized carbons (Fsp3) is 0.133. The zero-order chi connectivity index (χ0) is 14.5. The van der Waals surface area contributed by atoms with E-state index in [0.29, 0.717) is 5.75 Å². The first kappa shape index (κ1) is 14.0. The predicted octanol–water partition coefficient (Wildman–Crippen LogP) is 3.82. The Balaban J connectivity index is 2.03. The molecule has 0 aromatic heterocycles. The van der Waals surface area contributed by atoms with Crippen molar-refractivity contribution >= 4 is 5.97 Å². The van der Waals surface area contributed by atoms with Crippen LogP contribution < -0.4 is 9.47 Å². The van der Waals surface area contributed by atoms with Crippen LogP contribution in [0, 0.1) is 6.92 Å². The third-order valence-corrected chi connectivity index (χ3v) is 2.55. The van der Waals surface area contributed by atoms with Gasteiger partial charge < -0.3 is 9.47 Å². The summed E-state index contributed by atoms with van der Waals surface area (Å²) in [5.41, 5.74) is 1.31. The van der Waals surface area contributed by atoms with Crippen LogP contribution in [0.2, 0.25) is 0 Å². The molecular formula is C15H12F2O3. The molecule has 5 heteroatoms. The molecule has 0 atom stereocenters. The molecule has 0 amide bonds. The highest BCUT2D eigenvalue weighted by Gasteiger charge is 2.10. The van der Waals surface area contributed by atoms with E-state index in [2.05, 4.69) is 4.74 Å². The van der Waals surface area contributed by atoms with Gasteiger partial charge >= 0.3 is 12.6 Å². The second-order valence-electron chi connectivity index (χ2n) is 4.11. The molecule has 0 aliphatic rings. The second kappa shape index (κ2) is 6.14. The first-order valence-electron chi connectivity index (χ1n) is 5.88. The molecule has 2 aromatic carbocycles. The molecular weight excluding hydrogens is 266 g/mol. The molecule has 0 bridgehead atoms. The molecule has 0 N–H and O–H groups in total. The van der Waals surface area contributed by atoms with E-state index in [1.807, 2.05) is 19.1 Å². The zero-order valence-corrected chi connectivity index (χ0v) is 10.7. The minimum atomic E-state index is -2.89. The molecule has 0 unspecified atom stereocenters. The Bertz CT molecular complexity index is 577. The Morgan fingerprint density at radius 1 is 0.950 bits per heavy atom. The standard InChI is InChI=1S/C15H12F2O3/c1-10-2-6-12(7-3-10)19-14(18)11-4-8-13(9-5-11)20-15(16)17/h2-9,15H,1H3. The van der Waals surface area contributed by atoms with Gasteiger partial charge in [0.1, 0.15) is 11.5 Å². The number of carbonyl (C=O) groups is 1. The van der Waals surface area contributed by atoms with Gasteiger partial charge in [0, 0.05) is 0 Å². The minimum absolute atomic E-state index is 0.00751. The smallest absolute Gasteiger partial charge is 0.387 e. The van der Waals surface area contributed by atoms with E-state index >= 15 is 0 Å². The number of esters is 1. The third kappa shape index (κ3) is 3.78. The van der Waals surface area contributed by atoms with Crippen molar-refractivity contribution < 1.29 is 23.0 Å². The van der Waals surface area contributed by atoms with Gasteiger partial charge in [0.25, 0.3) is 0 Å². The summed E-state index contributed by atoms with van der Waals surface area (Å²) in [4.78, 5) is 11.8. The first-order valence-corrected chi connectivity index (χ1v) is 5.88. The van der Waals surface area contributed by atoms with E-state index in [1.54, 1.807) is 12.1 Å². The third-order valence-electron chi connectivity index (χ3n) is 2.55. The van der Waals surface area contributed by atoms with E-state index in [0.717, 1.165) is 5.56 Å². The Labute approximate surface area is 114 Å². The highest BCUT2D eigenvalue weighted by Crippen LogP contribution is 2.17. The lowest BCUT2D eigenvalue weighted by molar-refractivity contribution is -0.0498. The number of aryl methyl sites for hydroxylation is 1. The van der Waals surface area contributed by atoms with Gasteiger partial charge in [0.2, 0.25) is 0 Å². The van der Waals surface area contributed by atoms with Gasteiger partial charge in [-0.15, -0.1) is 0 Å². The fourth-order valence-corrected chi connectivity index (χ4v) is 1.54. The minimum Gasteiger partial charge on any atom is -0.435 e. The van der Waals surface area contributed by atoms with Gasteiger partial charge in [-0.05, 0) is 43.3 Å². The van der Waals surface area contributed by atoms with Crippen molar-refractivity contribution in [2.24, 2.45) is 0 Å². The highest BCUT2D eigenvalue weighted by atomic mass is 19.3. The quantitative estimate of drug-likeness (QED) is 0.630. The van der Waals surface area contributed by atoms with Crippen molar-refractivity contribution in [1.82, 2.24) is 0 Å². The van der Waals surface area contributed by atoms with Crippen LogP contribution in [0.4, 0.5) is 8.78 Å². The molecule has 104 valence electrons. The number of carbonyl (C=O) groups excluding carboxylic acids is 1. The van der Waals surface area contributed by atoms with Gasteiger partial charge in [-0.2, -0.15) is 8.78 Å². The van der Waals surface area contributed by atoms with Crippen molar-refractivity contribution in [2.75, 3.05) is 0 Å². The van der Waals surface area contributed by atoms with Crippen molar-refractivity contribution in [3.63, 3.8) is 0 Å². The summed E-state index contributed by atoms with van der Waals surface area (Å²) in [7, 11) is 0. The average molecular weight is 278 g/mol. The second-order valence-corrected chi connectivity index (χ2v) is 4.11. The number of halogens is 2. The lowest BCUT2D eigenvalue weighted by Crippen LogP contribution is -2.08. The molecule has 0 saturated carbocycles. The van der Waals surface area contributed by atoms with Crippen LogP contribution in [0.3, 0.4) is 0 Å². The molecule has 2 rings (SSSR count). The summed E-state index contributed by atoms with van der Waals surface area (Å²) in [6, 6.07) is 12.3. The van der Waals surface area contributed by atoms with Gasteiger partial charge in [0.15, 0.2) is 0 Å². The van der Waals surface area contributed by atoms with Crippen LogP contribution in [-0.2, 0) is 0 Å². The predicted molar refractivity (Wildman–Crippen MR) is 69.2 cm³/mol. The van der Waals surface area contributed by atoms with E-state index in [-0.39, 0.29) is 11.3 Å². The van der Waals surface area contributed by atoms with E-state index < -0.39 is 12.6 Å². The van der Waals surface area contributed by atoms with Gasteiger partial charge in [-0.3, -0.25) is 0 Å². The Kier molecular flexibility index (Phi) is 4.30. The molecule has 0 saturated heterocycles. The van der Waals surface area contributed by atoms with Crippen LogP contribution >= 0.6 is 0 Å². The normalized spacial score (nSPS) is 10.4. The van der Waals surface area contributed by atoms with Gasteiger partial charge in [0.05, 0.1) is 5.56 Å². The monoisotopic (exact) mass is 278 g/mol. The van der Waals surface area contributed by atoms with Crippen LogP contribution in [0.15, 0.2) is 48.5 Å². The number of benzene rings is 2. The summed E-state index contributed by atoms with van der Waals surface area (Å²) >= 11 is 0. The van der Waals surface area contributed by atoms with Crippen LogP contribution in [-0.4, -0.2) is 12.6 Å². The molecule has 0 aliphatic heterocycles. The first-order chi connectivity index (χ1) is 9.54. The number of ether oxygens (including phenoxy) is 2. The van der Waals surface area contributed by atoms with Crippen molar-refractivity contribution in [1.29, 1.82) is 0 Å². The number of hydrogen-bond acceptors (Lipinski definition) is 3. The van der Waals surface area contributed by atoms with Crippen molar-refractivity contribution in [2.45, 2.75) is 13.5 Å². The summed E-state index contributed by atoms with van der Waals surface area (Å²) in [6.07, 6.45) is 0. The number of alkyl halides is 2. The molecule has 0 radical (unpaired) electrons. The van der Waals surface area contributed by atoms with Crippen LogP contribution in [0.5, 0.6) is 11.5 Å². The highest BCUT2D eigenvalue weighted by molar-refractivity contribution is 5.91. The molecule has 3 nitrogen and oxygen atoms in total. The maximum absolute atomic E-state index is 12.0. The molecule has 0 aliphatic carbocycles. The molecule has 2 aromatic rings. The largest absolute Gasteiger partial charge is 0.435 e. The average Bonchev–Trinajstić information content (AvgIpc) is 2.41. The van der Waals surface area contributed by atoms with E-state index in [9.17, 15) is 13.6 Å². The SMILES string of the molecule is Cc1ccc(OC(=O)c2ccc(OC(F)F)cc2)cc1. The Morgan fingerprint density at radius 3 is 2.05 bits per heavy atom. The number of rotatable bonds is 4. The fourth-order valence-electron chi connectivity index (χ4n) is 1.54. The van der Waals surface area contributed by atoms with Crippen molar-refractivity contribution in [3.8, 4) is 11.5 Å². The maximum atomic E-state index is 12.0. The van der Waals surface area contributed by atoms with E-state index in [4.69, 9.17) is 4.74 Å². The summed E-state index contributed by atoms with van der Waals surface area (Å²) in [5.74, 6) is -0.141. The Morgan fingerprint density at radius 2 is 1.50 bits per heavy atom. The molecule has 0 heterocycles. The van der Waals surface area contributed by atoms with E-state index in [1.165, 1.54) is 24.3 Å². The van der Waals surface area contributed by atoms with Crippen LogP contribution in [0.25, 0.3) is 0 Å². The lowest BCUT2D eigenvalue weighted by atomic mass is 10.2. The molecule has 0 fully saturated rings. The van der Waals surface area contributed by atoms with Crippen LogP contribution in [0.1, 0.15) is 15.9 Å². The summed E-state index contributed by atoms with van der Waals surface area (Å²) in [6.45, 7) is -0.965. The van der Waals surface area contributed by atoms with Gasteiger partial charge in [-0.25, -0.2) is 4.79 Å². The zero-order valence-electron chi connectivity index (χ0n) is 10.7. The topological polar surface area (TPSA) is 35.5 Å². The van der Waals surface area contributed by atoms with Gasteiger partial charge in [-0.1, -0.05) is 17.7 Å². The lowest BCUT2D eigenvalue weighted by Gasteiger charge is -2.06. The summed E-state index contributed by atoms with van der Waals surface area (Å²) < 4.78 is 33.3. The Hall–Kier alpha value is -2.43. The molecule has 0 spiro atoms. The van der Waals surface area contributed by atoms with Crippen molar-refractivity contribution in [3.05, 3.63) is 59.7 Å². The number of hydrogen-bond donors (Lipinski definition) is 0. The summed E-state index contributed by atoms with van der Waals surface area (Å²) in [5, 5.41) is 0. The molecule has 20 heavy (non-hydrogen) atoms.